The molecule has 0 aromatic rings. The van der Waals surface area contributed by atoms with Crippen molar-refractivity contribution in [2.75, 3.05) is 6.61 Å². The van der Waals surface area contributed by atoms with E-state index < -0.39 is 5.60 Å². The standard InChI is InChI=1S/C20H38O3/c1-5-20(22,6-2)13-8-14-23-15(3)16-10-11-17-18(21)9-7-12-19(16,17)4/h15-18,21-22H,5-14H2,1-4H3/t15-,16-,17+,18+,19-/m1/s1. The molecule has 23 heavy (non-hydrogen) atoms. The molecule has 2 saturated carbocycles. The first-order valence-corrected chi connectivity index (χ1v) is 9.88. The van der Waals surface area contributed by atoms with E-state index in [1.165, 1.54) is 12.8 Å². The summed E-state index contributed by atoms with van der Waals surface area (Å²) in [5, 5.41) is 20.7. The zero-order valence-corrected chi connectivity index (χ0v) is 15.7. The number of rotatable bonds is 8. The van der Waals surface area contributed by atoms with Gasteiger partial charge in [-0.05, 0) is 75.5 Å². The van der Waals surface area contributed by atoms with Crippen molar-refractivity contribution < 1.29 is 14.9 Å². The Morgan fingerprint density at radius 1 is 1.22 bits per heavy atom. The van der Waals surface area contributed by atoms with E-state index in [0.29, 0.717) is 11.8 Å². The third-order valence-electron chi connectivity index (χ3n) is 7.21. The Bertz CT molecular complexity index is 366. The molecule has 2 fully saturated rings. The van der Waals surface area contributed by atoms with Crippen molar-refractivity contribution in [2.45, 2.75) is 103 Å². The van der Waals surface area contributed by atoms with E-state index in [0.717, 1.165) is 51.6 Å². The predicted octanol–water partition coefficient (Wildman–Crippen LogP) is 4.30. The van der Waals surface area contributed by atoms with Crippen LogP contribution in [0.4, 0.5) is 0 Å². The molecule has 2 N–H and O–H groups in total. The van der Waals surface area contributed by atoms with Crippen molar-refractivity contribution in [3.8, 4) is 0 Å². The van der Waals surface area contributed by atoms with Gasteiger partial charge in [-0.2, -0.15) is 0 Å². The van der Waals surface area contributed by atoms with Crippen LogP contribution in [0.2, 0.25) is 0 Å². The van der Waals surface area contributed by atoms with Crippen molar-refractivity contribution in [1.29, 1.82) is 0 Å². The van der Waals surface area contributed by atoms with Gasteiger partial charge < -0.3 is 14.9 Å². The molecule has 0 aromatic carbocycles. The van der Waals surface area contributed by atoms with Crippen molar-refractivity contribution in [3.63, 3.8) is 0 Å². The highest BCUT2D eigenvalue weighted by Crippen LogP contribution is 2.56. The Labute approximate surface area is 142 Å². The molecule has 0 unspecified atom stereocenters. The van der Waals surface area contributed by atoms with Gasteiger partial charge in [-0.15, -0.1) is 0 Å². The minimum absolute atomic E-state index is 0.102. The van der Waals surface area contributed by atoms with E-state index in [-0.39, 0.29) is 17.6 Å². The van der Waals surface area contributed by atoms with Gasteiger partial charge in [0.05, 0.1) is 17.8 Å². The van der Waals surface area contributed by atoms with Gasteiger partial charge in [0.15, 0.2) is 0 Å². The van der Waals surface area contributed by atoms with Crippen LogP contribution in [0.5, 0.6) is 0 Å². The maximum atomic E-state index is 10.3. The number of fused-ring (bicyclic) bond motifs is 1. The Morgan fingerprint density at radius 3 is 2.57 bits per heavy atom. The number of aliphatic hydroxyl groups excluding tert-OH is 1. The summed E-state index contributed by atoms with van der Waals surface area (Å²) >= 11 is 0. The van der Waals surface area contributed by atoms with Crippen LogP contribution in [0, 0.1) is 17.3 Å². The number of hydrogen-bond donors (Lipinski definition) is 2. The molecule has 0 saturated heterocycles. The predicted molar refractivity (Wildman–Crippen MR) is 94.4 cm³/mol. The van der Waals surface area contributed by atoms with E-state index in [9.17, 15) is 10.2 Å². The third kappa shape index (κ3) is 4.11. The largest absolute Gasteiger partial charge is 0.393 e. The Morgan fingerprint density at radius 2 is 1.91 bits per heavy atom. The molecule has 3 heteroatoms. The molecule has 3 nitrogen and oxygen atoms in total. The maximum Gasteiger partial charge on any atom is 0.0643 e. The molecular weight excluding hydrogens is 288 g/mol. The Hall–Kier alpha value is -0.120. The molecule has 0 heterocycles. The fraction of sp³-hybridized carbons (Fsp3) is 1.00. The van der Waals surface area contributed by atoms with Crippen molar-refractivity contribution in [1.82, 2.24) is 0 Å². The monoisotopic (exact) mass is 326 g/mol. The second-order valence-corrected chi connectivity index (χ2v) is 8.37. The van der Waals surface area contributed by atoms with Crippen LogP contribution in [0.1, 0.15) is 85.5 Å². The molecule has 0 amide bonds. The first-order valence-electron chi connectivity index (χ1n) is 9.88. The fourth-order valence-electron chi connectivity index (χ4n) is 5.35. The molecular formula is C20H38O3. The van der Waals surface area contributed by atoms with E-state index in [2.05, 4.69) is 27.7 Å². The van der Waals surface area contributed by atoms with Gasteiger partial charge in [0.2, 0.25) is 0 Å². The molecule has 0 aromatic heterocycles. The minimum atomic E-state index is -0.509. The zero-order valence-electron chi connectivity index (χ0n) is 15.7. The van der Waals surface area contributed by atoms with Crippen molar-refractivity contribution >= 4 is 0 Å². The normalized spacial score (nSPS) is 36.0. The summed E-state index contributed by atoms with van der Waals surface area (Å²) in [6.07, 6.45) is 9.26. The molecule has 2 aliphatic carbocycles. The van der Waals surface area contributed by atoms with E-state index in [1.54, 1.807) is 0 Å². The summed E-state index contributed by atoms with van der Waals surface area (Å²) in [5.74, 6) is 1.04. The summed E-state index contributed by atoms with van der Waals surface area (Å²) in [7, 11) is 0. The lowest BCUT2D eigenvalue weighted by Gasteiger charge is -2.45. The summed E-state index contributed by atoms with van der Waals surface area (Å²) in [6.45, 7) is 9.45. The molecule has 136 valence electrons. The first kappa shape index (κ1) is 19.2. The number of hydrogen-bond acceptors (Lipinski definition) is 3. The average molecular weight is 327 g/mol. The molecule has 5 atom stereocenters. The third-order valence-corrected chi connectivity index (χ3v) is 7.21. The van der Waals surface area contributed by atoms with Gasteiger partial charge in [-0.3, -0.25) is 0 Å². The second-order valence-electron chi connectivity index (χ2n) is 8.37. The molecule has 2 aliphatic rings. The van der Waals surface area contributed by atoms with Crippen LogP contribution in [-0.4, -0.2) is 34.6 Å². The molecule has 2 rings (SSSR count). The lowest BCUT2D eigenvalue weighted by atomic mass is 9.63. The molecule has 0 spiro atoms. The van der Waals surface area contributed by atoms with Crippen LogP contribution >= 0.6 is 0 Å². The van der Waals surface area contributed by atoms with Gasteiger partial charge >= 0.3 is 0 Å². The average Bonchev–Trinajstić information content (AvgIpc) is 2.89. The minimum Gasteiger partial charge on any atom is -0.393 e. The van der Waals surface area contributed by atoms with E-state index in [4.69, 9.17) is 4.74 Å². The molecule has 0 radical (unpaired) electrons. The second kappa shape index (κ2) is 7.84. The maximum absolute atomic E-state index is 10.3. The van der Waals surface area contributed by atoms with Crippen LogP contribution in [0.15, 0.2) is 0 Å². The van der Waals surface area contributed by atoms with Gasteiger partial charge in [-0.1, -0.05) is 27.2 Å². The van der Waals surface area contributed by atoms with Gasteiger partial charge in [0.25, 0.3) is 0 Å². The summed E-state index contributed by atoms with van der Waals surface area (Å²) < 4.78 is 6.17. The quantitative estimate of drug-likeness (QED) is 0.654. The highest BCUT2D eigenvalue weighted by molar-refractivity contribution is 5.02. The first-order chi connectivity index (χ1) is 10.9. The van der Waals surface area contributed by atoms with Crippen LogP contribution < -0.4 is 0 Å². The Kier molecular flexibility index (Phi) is 6.55. The summed E-state index contributed by atoms with van der Waals surface area (Å²) in [6, 6.07) is 0. The summed E-state index contributed by atoms with van der Waals surface area (Å²) in [5.41, 5.74) is -0.255. The lowest BCUT2D eigenvalue weighted by molar-refractivity contribution is -0.0679. The van der Waals surface area contributed by atoms with Crippen LogP contribution in [-0.2, 0) is 4.74 Å². The highest BCUT2D eigenvalue weighted by Gasteiger charge is 2.52. The topological polar surface area (TPSA) is 49.7 Å². The summed E-state index contributed by atoms with van der Waals surface area (Å²) in [4.78, 5) is 0. The van der Waals surface area contributed by atoms with E-state index in [1.807, 2.05) is 0 Å². The van der Waals surface area contributed by atoms with E-state index >= 15 is 0 Å². The number of aliphatic hydroxyl groups is 2. The van der Waals surface area contributed by atoms with Crippen LogP contribution in [0.25, 0.3) is 0 Å². The van der Waals surface area contributed by atoms with Crippen molar-refractivity contribution in [3.05, 3.63) is 0 Å². The van der Waals surface area contributed by atoms with Gasteiger partial charge in [-0.25, -0.2) is 0 Å². The van der Waals surface area contributed by atoms with Crippen LogP contribution in [0.3, 0.4) is 0 Å². The molecule has 0 aliphatic heterocycles. The molecule has 0 bridgehead atoms. The zero-order chi connectivity index (χ0) is 17.1. The highest BCUT2D eigenvalue weighted by atomic mass is 16.5. The lowest BCUT2D eigenvalue weighted by Crippen LogP contribution is -2.43. The van der Waals surface area contributed by atoms with Crippen molar-refractivity contribution in [2.24, 2.45) is 17.3 Å². The Balaban J connectivity index is 1.81. The fourth-order valence-corrected chi connectivity index (χ4v) is 5.35. The number of ether oxygens (including phenoxy) is 1. The van der Waals surface area contributed by atoms with Gasteiger partial charge in [0, 0.05) is 6.61 Å². The van der Waals surface area contributed by atoms with Gasteiger partial charge in [0.1, 0.15) is 0 Å². The SMILES string of the molecule is CCC(O)(CC)CCCO[C@H](C)[C@H]1CC[C@H]2[C@@H](O)CCC[C@]12C. The smallest absolute Gasteiger partial charge is 0.0643 e.